The van der Waals surface area contributed by atoms with Crippen LogP contribution in [0, 0.1) is 17.5 Å². The number of aromatic nitrogens is 4. The van der Waals surface area contributed by atoms with Crippen molar-refractivity contribution in [1.29, 1.82) is 0 Å². The molecule has 0 N–H and O–H groups in total. The number of halogens is 3. The maximum Gasteiger partial charge on any atom is 0.415 e. The fourth-order valence-electron chi connectivity index (χ4n) is 4.41. The van der Waals surface area contributed by atoms with E-state index in [4.69, 9.17) is 4.74 Å². The molecule has 0 aliphatic carbocycles. The zero-order valence-electron chi connectivity index (χ0n) is 18.4. The number of carbonyl (C=O) groups is 2. The number of carbonyl (C=O) groups excluding carboxylic acids is 2. The highest BCUT2D eigenvalue weighted by Crippen LogP contribution is 2.34. The summed E-state index contributed by atoms with van der Waals surface area (Å²) in [5.74, 6) is -4.03. The fourth-order valence-corrected chi connectivity index (χ4v) is 4.41. The molecule has 0 spiro atoms. The van der Waals surface area contributed by atoms with E-state index in [1.54, 1.807) is 32.7 Å². The van der Waals surface area contributed by atoms with Crippen LogP contribution in [-0.2, 0) is 36.1 Å². The maximum atomic E-state index is 13.6. The number of fused-ring (bicyclic) bond motifs is 1. The molecule has 1 aromatic carbocycles. The highest BCUT2D eigenvalue weighted by atomic mass is 19.2. The van der Waals surface area contributed by atoms with Gasteiger partial charge in [-0.25, -0.2) is 22.9 Å². The van der Waals surface area contributed by atoms with Crippen LogP contribution in [0.1, 0.15) is 30.1 Å². The maximum absolute atomic E-state index is 13.6. The van der Waals surface area contributed by atoms with Gasteiger partial charge in [-0.15, -0.1) is 0 Å². The predicted molar refractivity (Wildman–Crippen MR) is 112 cm³/mol. The largest absolute Gasteiger partial charge is 0.436 e. The molecule has 0 radical (unpaired) electrons. The van der Waals surface area contributed by atoms with Crippen LogP contribution in [-0.4, -0.2) is 48.8 Å². The number of rotatable bonds is 4. The number of amides is 2. The van der Waals surface area contributed by atoms with Crippen LogP contribution in [0.2, 0.25) is 0 Å². The summed E-state index contributed by atoms with van der Waals surface area (Å²) in [6.45, 7) is 2.58. The molecule has 2 amide bonds. The Hall–Kier alpha value is -3.83. The summed E-state index contributed by atoms with van der Waals surface area (Å²) >= 11 is 0. The number of benzene rings is 1. The third-order valence-corrected chi connectivity index (χ3v) is 6.18. The van der Waals surface area contributed by atoms with E-state index in [9.17, 15) is 22.8 Å². The second-order valence-electron chi connectivity index (χ2n) is 8.46. The van der Waals surface area contributed by atoms with Crippen molar-refractivity contribution in [2.75, 3.05) is 11.4 Å². The number of cyclic esters (lactones) is 1. The Labute approximate surface area is 192 Å². The smallest absolute Gasteiger partial charge is 0.415 e. The first-order valence-corrected chi connectivity index (χ1v) is 10.7. The Morgan fingerprint density at radius 3 is 2.62 bits per heavy atom. The minimum absolute atomic E-state index is 0.0361. The quantitative estimate of drug-likeness (QED) is 0.543. The van der Waals surface area contributed by atoms with Gasteiger partial charge in [-0.05, 0) is 24.6 Å². The lowest BCUT2D eigenvalue weighted by atomic mass is 10.1. The third kappa shape index (κ3) is 3.68. The summed E-state index contributed by atoms with van der Waals surface area (Å²) in [4.78, 5) is 32.9. The highest BCUT2D eigenvalue weighted by Gasteiger charge is 2.39. The van der Waals surface area contributed by atoms with Crippen molar-refractivity contribution in [1.82, 2.24) is 24.2 Å². The van der Waals surface area contributed by atoms with Crippen molar-refractivity contribution in [2.24, 2.45) is 7.05 Å². The second kappa shape index (κ2) is 8.19. The van der Waals surface area contributed by atoms with Crippen LogP contribution in [0.25, 0.3) is 0 Å². The van der Waals surface area contributed by atoms with Crippen LogP contribution >= 0.6 is 0 Å². The van der Waals surface area contributed by atoms with Crippen LogP contribution in [0.4, 0.5) is 23.7 Å². The van der Waals surface area contributed by atoms with Crippen molar-refractivity contribution in [3.63, 3.8) is 0 Å². The van der Waals surface area contributed by atoms with E-state index >= 15 is 0 Å². The van der Waals surface area contributed by atoms with Gasteiger partial charge in [0, 0.05) is 25.5 Å². The first kappa shape index (κ1) is 22.0. The van der Waals surface area contributed by atoms with Gasteiger partial charge in [0.1, 0.15) is 0 Å². The average Bonchev–Trinajstić information content (AvgIpc) is 3.49. The molecule has 0 bridgehead atoms. The summed E-state index contributed by atoms with van der Waals surface area (Å²) in [7, 11) is 1.81. The van der Waals surface area contributed by atoms with E-state index in [0.717, 1.165) is 12.1 Å². The van der Waals surface area contributed by atoms with Gasteiger partial charge < -0.3 is 14.2 Å². The monoisotopic (exact) mass is 474 g/mol. The molecule has 178 valence electrons. The number of imidazole rings is 1. The molecule has 12 heteroatoms. The minimum atomic E-state index is -1.57. The van der Waals surface area contributed by atoms with E-state index in [0.29, 0.717) is 23.8 Å². The van der Waals surface area contributed by atoms with Crippen LogP contribution < -0.4 is 4.90 Å². The second-order valence-corrected chi connectivity index (χ2v) is 8.46. The summed E-state index contributed by atoms with van der Waals surface area (Å²) in [5, 5.41) is 4.37. The molecular weight excluding hydrogens is 453 g/mol. The average molecular weight is 474 g/mol. The van der Waals surface area contributed by atoms with E-state index < -0.39 is 29.6 Å². The SMILES string of the molecule is C[C@H]1Cn2ncc(N3CC(c4nccn4C)OC3=O)c2CN1C(=O)Cc1cc(F)c(F)c(F)c1. The summed E-state index contributed by atoms with van der Waals surface area (Å²) < 4.78 is 49.4. The molecule has 1 fully saturated rings. The lowest BCUT2D eigenvalue weighted by molar-refractivity contribution is -0.134. The van der Waals surface area contributed by atoms with E-state index in [2.05, 4.69) is 10.1 Å². The van der Waals surface area contributed by atoms with Crippen molar-refractivity contribution < 1.29 is 27.5 Å². The molecular formula is C22H21F3N6O3. The lowest BCUT2D eigenvalue weighted by Gasteiger charge is -2.35. The van der Waals surface area contributed by atoms with Gasteiger partial charge in [0.25, 0.3) is 0 Å². The van der Waals surface area contributed by atoms with Gasteiger partial charge in [-0.3, -0.25) is 14.4 Å². The Morgan fingerprint density at radius 2 is 1.94 bits per heavy atom. The van der Waals surface area contributed by atoms with Gasteiger partial charge in [-0.2, -0.15) is 5.10 Å². The topological polar surface area (TPSA) is 85.5 Å². The number of nitrogens with zero attached hydrogens (tertiary/aromatic N) is 6. The summed E-state index contributed by atoms with van der Waals surface area (Å²) in [6, 6.07) is 1.38. The van der Waals surface area contributed by atoms with E-state index in [1.165, 1.54) is 4.90 Å². The highest BCUT2D eigenvalue weighted by molar-refractivity contribution is 5.90. The Morgan fingerprint density at radius 1 is 1.21 bits per heavy atom. The van der Waals surface area contributed by atoms with Crippen LogP contribution in [0.5, 0.6) is 0 Å². The first-order valence-electron chi connectivity index (χ1n) is 10.7. The standard InChI is InChI=1S/C22H21F3N6O3/c1-12-9-31-17(10-29(12)19(32)7-13-5-14(23)20(25)15(24)6-13)16(8-27-31)30-11-18(34-22(30)33)21-26-3-4-28(21)2/h3-6,8,12,18H,7,9-11H2,1-2H3/t12-,18?/m0/s1. The van der Waals surface area contributed by atoms with E-state index in [-0.39, 0.29) is 37.0 Å². The summed E-state index contributed by atoms with van der Waals surface area (Å²) in [6.07, 6.45) is 3.55. The summed E-state index contributed by atoms with van der Waals surface area (Å²) in [5.41, 5.74) is 1.19. The Kier molecular flexibility index (Phi) is 5.29. The minimum Gasteiger partial charge on any atom is -0.436 e. The number of hydrogen-bond donors (Lipinski definition) is 0. The Bertz CT molecular complexity index is 1270. The van der Waals surface area contributed by atoms with Crippen molar-refractivity contribution in [3.8, 4) is 0 Å². The zero-order valence-corrected chi connectivity index (χ0v) is 18.4. The molecule has 5 rings (SSSR count). The molecule has 2 aromatic heterocycles. The van der Waals surface area contributed by atoms with Gasteiger partial charge in [0.15, 0.2) is 29.4 Å². The van der Waals surface area contributed by atoms with E-state index in [1.807, 2.05) is 14.0 Å². The number of aryl methyl sites for hydroxylation is 1. The Balaban J connectivity index is 1.36. The van der Waals surface area contributed by atoms with Gasteiger partial charge >= 0.3 is 6.09 Å². The number of hydrogen-bond acceptors (Lipinski definition) is 5. The normalized spacial score (nSPS) is 20.0. The molecule has 1 unspecified atom stereocenters. The molecule has 2 aliphatic rings. The first-order chi connectivity index (χ1) is 16.2. The molecule has 4 heterocycles. The molecule has 2 atom stereocenters. The number of anilines is 1. The van der Waals surface area contributed by atoms with Gasteiger partial charge in [0.2, 0.25) is 5.91 Å². The lowest BCUT2D eigenvalue weighted by Crippen LogP contribution is -2.46. The molecule has 1 saturated heterocycles. The van der Waals surface area contributed by atoms with Crippen molar-refractivity contribution >= 4 is 17.7 Å². The number of ether oxygens (including phenoxy) is 1. The molecule has 34 heavy (non-hydrogen) atoms. The third-order valence-electron chi connectivity index (χ3n) is 6.18. The van der Waals surface area contributed by atoms with Gasteiger partial charge in [-0.1, -0.05) is 0 Å². The molecule has 2 aliphatic heterocycles. The van der Waals surface area contributed by atoms with Crippen LogP contribution in [0.3, 0.4) is 0 Å². The fraction of sp³-hybridized carbons (Fsp3) is 0.364. The van der Waals surface area contributed by atoms with Gasteiger partial charge in [0.05, 0.1) is 43.6 Å². The van der Waals surface area contributed by atoms with Crippen molar-refractivity contribution in [2.45, 2.75) is 38.6 Å². The molecule has 9 nitrogen and oxygen atoms in total. The van der Waals surface area contributed by atoms with Crippen LogP contribution in [0.15, 0.2) is 30.7 Å². The zero-order chi connectivity index (χ0) is 24.1. The molecule has 0 saturated carbocycles. The predicted octanol–water partition coefficient (Wildman–Crippen LogP) is 2.71. The van der Waals surface area contributed by atoms with Crippen molar-refractivity contribution in [3.05, 3.63) is 65.3 Å². The molecule has 3 aromatic rings.